The molecule has 0 bridgehead atoms. The number of aliphatic hydroxyl groups excluding tert-OH is 1. The summed E-state index contributed by atoms with van der Waals surface area (Å²) in [6.07, 6.45) is 0.165. The van der Waals surface area contributed by atoms with Crippen LogP contribution in [0.25, 0.3) is 0 Å². The number of esters is 1. The number of nitrogens with one attached hydrogen (secondary N) is 3. The molecule has 0 saturated heterocycles. The number of nitrogens with zero attached hydrogens (tertiary/aromatic N) is 1. The normalized spacial score (nSPS) is 15.9. The smallest absolute Gasteiger partial charge is 0.337 e. The summed E-state index contributed by atoms with van der Waals surface area (Å²) >= 11 is 2.09. The van der Waals surface area contributed by atoms with E-state index in [2.05, 4.69) is 43.8 Å². The molecule has 1 aliphatic heterocycles. The second-order valence-electron chi connectivity index (χ2n) is 7.96. The number of amides is 2. The fraction of sp³-hybridized carbons (Fsp3) is 0.320. The van der Waals surface area contributed by atoms with E-state index in [4.69, 9.17) is 18.9 Å². The van der Waals surface area contributed by atoms with Crippen molar-refractivity contribution in [1.82, 2.24) is 16.1 Å². The van der Waals surface area contributed by atoms with E-state index in [1.165, 1.54) is 20.4 Å². The number of aliphatic hydroxyl groups is 1. The number of hydrogen-bond acceptors (Lipinski definition) is 10. The summed E-state index contributed by atoms with van der Waals surface area (Å²) in [5, 5.41) is 29.8. The van der Waals surface area contributed by atoms with Crippen LogP contribution in [0.5, 0.6) is 23.0 Å². The molecule has 2 amide bonds. The first-order valence-corrected chi connectivity index (χ1v) is 12.6. The van der Waals surface area contributed by atoms with Gasteiger partial charge in [0, 0.05) is 14.8 Å². The van der Waals surface area contributed by atoms with Crippen LogP contribution in [0.15, 0.2) is 46.7 Å². The van der Waals surface area contributed by atoms with E-state index in [1.54, 1.807) is 44.2 Å². The molecule has 204 valence electrons. The van der Waals surface area contributed by atoms with E-state index < -0.39 is 24.3 Å². The minimum Gasteiger partial charge on any atom is -0.504 e. The maximum absolute atomic E-state index is 12.4. The van der Waals surface area contributed by atoms with Crippen molar-refractivity contribution < 1.29 is 38.7 Å². The minimum atomic E-state index is -1.19. The van der Waals surface area contributed by atoms with Gasteiger partial charge < -0.3 is 39.8 Å². The molecule has 3 rings (SSSR count). The number of phenols is 1. The summed E-state index contributed by atoms with van der Waals surface area (Å²) in [5.41, 5.74) is 4.16. The summed E-state index contributed by atoms with van der Waals surface area (Å²) in [6.45, 7) is 3.55. The molecule has 2 aromatic carbocycles. The van der Waals surface area contributed by atoms with Crippen LogP contribution in [-0.2, 0) is 9.53 Å². The third-order valence-corrected chi connectivity index (χ3v) is 6.01. The van der Waals surface area contributed by atoms with Crippen molar-refractivity contribution >= 4 is 40.8 Å². The molecule has 0 aliphatic carbocycles. The third-order valence-electron chi connectivity index (χ3n) is 5.39. The second kappa shape index (κ2) is 13.2. The molecule has 12 nitrogen and oxygen atoms in total. The zero-order valence-corrected chi connectivity index (χ0v) is 23.4. The molecule has 1 aliphatic rings. The molecule has 0 aromatic heterocycles. The number of carbonyl (C=O) groups is 2. The lowest BCUT2D eigenvalue weighted by Gasteiger charge is -2.28. The highest BCUT2D eigenvalue weighted by atomic mass is 127. The van der Waals surface area contributed by atoms with Crippen molar-refractivity contribution in [3.63, 3.8) is 0 Å². The largest absolute Gasteiger partial charge is 0.504 e. The summed E-state index contributed by atoms with van der Waals surface area (Å²) in [5.74, 6) is 0.343. The van der Waals surface area contributed by atoms with Gasteiger partial charge in [-0.05, 0) is 66.3 Å². The molecule has 2 aromatic rings. The van der Waals surface area contributed by atoms with Gasteiger partial charge in [-0.3, -0.25) is 5.43 Å². The molecule has 5 N–H and O–H groups in total. The fourth-order valence-corrected chi connectivity index (χ4v) is 4.28. The van der Waals surface area contributed by atoms with E-state index in [9.17, 15) is 19.8 Å². The molecule has 0 fully saturated rings. The Bertz CT molecular complexity index is 1250. The third kappa shape index (κ3) is 6.98. The summed E-state index contributed by atoms with van der Waals surface area (Å²) < 4.78 is 22.3. The van der Waals surface area contributed by atoms with Crippen LogP contribution >= 0.6 is 22.6 Å². The van der Waals surface area contributed by atoms with Crippen LogP contribution in [-0.4, -0.2) is 62.1 Å². The Morgan fingerprint density at radius 2 is 1.97 bits per heavy atom. The second-order valence-corrected chi connectivity index (χ2v) is 9.21. The predicted octanol–water partition coefficient (Wildman–Crippen LogP) is 2.53. The molecule has 1 heterocycles. The Hall–Kier alpha value is -3.72. The number of methoxy groups -OCH3 is 2. The number of benzene rings is 2. The average molecular weight is 640 g/mol. The summed E-state index contributed by atoms with van der Waals surface area (Å²) in [4.78, 5) is 24.5. The van der Waals surface area contributed by atoms with Gasteiger partial charge in [-0.25, -0.2) is 9.59 Å². The van der Waals surface area contributed by atoms with Crippen LogP contribution in [0, 0.1) is 3.57 Å². The van der Waals surface area contributed by atoms with Crippen LogP contribution in [0.4, 0.5) is 4.79 Å². The molecule has 0 radical (unpaired) electrons. The van der Waals surface area contributed by atoms with Crippen LogP contribution < -0.4 is 30.3 Å². The van der Waals surface area contributed by atoms with Gasteiger partial charge in [0.25, 0.3) is 0 Å². The number of urea groups is 1. The number of phenolic OH excluding ortho intramolecular Hbond substituents is 1. The monoisotopic (exact) mass is 640 g/mol. The summed E-state index contributed by atoms with van der Waals surface area (Å²) in [6, 6.07) is 7.11. The quantitative estimate of drug-likeness (QED) is 0.0818. The number of hydrogen-bond donors (Lipinski definition) is 5. The van der Waals surface area contributed by atoms with Gasteiger partial charge in [0.05, 0.1) is 38.7 Å². The van der Waals surface area contributed by atoms with Gasteiger partial charge in [0.15, 0.2) is 29.2 Å². The standard InChI is InChI=1S/C25H29IN4O8/c1-5-37-18-9-14(22-21(24(33)36-4)13(2)28-25(34)29-22)6-7-17(18)38-12-20(31)30-27-11-15-8-16(26)10-19(35-3)23(15)32/h6-11,20,22,30-32H,5,12H2,1-4H3,(H2,28,29,34)/b27-11+/t20-,22+/m0/s1. The molecule has 0 spiro atoms. The maximum atomic E-state index is 12.4. The van der Waals surface area contributed by atoms with Crippen LogP contribution in [0.3, 0.4) is 0 Å². The Kier molecular flexibility index (Phi) is 10.0. The van der Waals surface area contributed by atoms with Crippen LogP contribution in [0.1, 0.15) is 31.0 Å². The molecule has 38 heavy (non-hydrogen) atoms. The zero-order chi connectivity index (χ0) is 27.8. The fourth-order valence-electron chi connectivity index (χ4n) is 3.66. The Labute approximate surface area is 233 Å². The van der Waals surface area contributed by atoms with Gasteiger partial charge in [0.1, 0.15) is 6.61 Å². The van der Waals surface area contributed by atoms with E-state index in [0.717, 1.165) is 3.57 Å². The van der Waals surface area contributed by atoms with Crippen molar-refractivity contribution in [2.45, 2.75) is 26.1 Å². The zero-order valence-electron chi connectivity index (χ0n) is 21.2. The van der Waals surface area contributed by atoms with Gasteiger partial charge in [-0.2, -0.15) is 5.10 Å². The molecule has 0 unspecified atom stereocenters. The van der Waals surface area contributed by atoms with Gasteiger partial charge in [-0.15, -0.1) is 0 Å². The van der Waals surface area contributed by atoms with E-state index in [-0.39, 0.29) is 17.9 Å². The SMILES string of the molecule is CCOc1cc([C@H]2NC(=O)NC(C)=C2C(=O)OC)ccc1OC[C@H](O)N/N=C/c1cc(I)cc(OC)c1O. The summed E-state index contributed by atoms with van der Waals surface area (Å²) in [7, 11) is 2.72. The highest BCUT2D eigenvalue weighted by Gasteiger charge is 2.32. The van der Waals surface area contributed by atoms with Crippen molar-refractivity contribution in [2.24, 2.45) is 5.10 Å². The molecule has 2 atom stereocenters. The Morgan fingerprint density at radius 1 is 1.21 bits per heavy atom. The number of carbonyl (C=O) groups excluding carboxylic acids is 2. The average Bonchev–Trinajstić information content (AvgIpc) is 2.88. The van der Waals surface area contributed by atoms with Crippen molar-refractivity contribution in [3.8, 4) is 23.0 Å². The first kappa shape index (κ1) is 28.8. The van der Waals surface area contributed by atoms with Crippen molar-refractivity contribution in [1.29, 1.82) is 0 Å². The highest BCUT2D eigenvalue weighted by Crippen LogP contribution is 2.35. The molecular formula is C25H29IN4O8. The highest BCUT2D eigenvalue weighted by molar-refractivity contribution is 14.1. The molecule has 13 heteroatoms. The Balaban J connectivity index is 1.72. The first-order valence-electron chi connectivity index (χ1n) is 11.5. The van der Waals surface area contributed by atoms with Crippen molar-refractivity contribution in [2.75, 3.05) is 27.4 Å². The minimum absolute atomic E-state index is 0.0732. The number of allylic oxidation sites excluding steroid dienone is 1. The first-order chi connectivity index (χ1) is 18.2. The lowest BCUT2D eigenvalue weighted by atomic mass is 9.95. The number of hydrazone groups is 1. The predicted molar refractivity (Wildman–Crippen MR) is 146 cm³/mol. The van der Waals surface area contributed by atoms with E-state index >= 15 is 0 Å². The van der Waals surface area contributed by atoms with E-state index in [0.29, 0.717) is 40.7 Å². The maximum Gasteiger partial charge on any atom is 0.337 e. The van der Waals surface area contributed by atoms with Gasteiger partial charge >= 0.3 is 12.0 Å². The number of aromatic hydroxyl groups is 1. The molecular weight excluding hydrogens is 611 g/mol. The van der Waals surface area contributed by atoms with Crippen molar-refractivity contribution in [3.05, 3.63) is 56.3 Å². The van der Waals surface area contributed by atoms with Gasteiger partial charge in [0.2, 0.25) is 0 Å². The van der Waals surface area contributed by atoms with Crippen LogP contribution in [0.2, 0.25) is 0 Å². The topological polar surface area (TPSA) is 160 Å². The lowest BCUT2D eigenvalue weighted by molar-refractivity contribution is -0.136. The number of halogens is 1. The number of rotatable bonds is 11. The lowest BCUT2D eigenvalue weighted by Crippen LogP contribution is -2.45. The Morgan fingerprint density at radius 3 is 2.66 bits per heavy atom. The van der Waals surface area contributed by atoms with Gasteiger partial charge in [-0.1, -0.05) is 6.07 Å². The number of ether oxygens (including phenoxy) is 4. The van der Waals surface area contributed by atoms with E-state index in [1.807, 2.05) is 0 Å². The molecule has 0 saturated carbocycles.